The van der Waals surface area contributed by atoms with Crippen LogP contribution in [0.5, 0.6) is 0 Å². The Morgan fingerprint density at radius 3 is 2.71 bits per heavy atom. The smallest absolute Gasteiger partial charge is 0.248 e. The number of hydrogen-bond acceptors (Lipinski definition) is 3. The van der Waals surface area contributed by atoms with Crippen molar-refractivity contribution in [1.29, 1.82) is 0 Å². The number of nitrogens with one attached hydrogen (secondary N) is 2. The molecule has 3 rings (SSSR count). The maximum Gasteiger partial charge on any atom is 0.248 e. The molecule has 2 aromatic rings. The number of H-pyrrole nitrogens is 1. The van der Waals surface area contributed by atoms with E-state index in [4.69, 9.17) is 5.73 Å². The average molecular weight is 390 g/mol. The number of nitrogens with two attached hydrogens (primary N) is 1. The van der Waals surface area contributed by atoms with Crippen LogP contribution in [-0.2, 0) is 16.8 Å². The minimum Gasteiger partial charge on any atom is -0.347 e. The number of aromatic nitrogens is 1. The molecule has 1 aromatic carbocycles. The van der Waals surface area contributed by atoms with Crippen LogP contribution in [0.4, 0.5) is 0 Å². The number of carbonyl (C=O) groups excluding carboxylic acids is 1. The van der Waals surface area contributed by atoms with E-state index >= 15 is 0 Å². The second kappa shape index (κ2) is 6.53. The highest BCUT2D eigenvalue weighted by atomic mass is 79.9. The van der Waals surface area contributed by atoms with Crippen molar-refractivity contribution in [3.05, 3.63) is 68.0 Å². The summed E-state index contributed by atoms with van der Waals surface area (Å²) in [5.74, 6) is -0.228. The fourth-order valence-electron chi connectivity index (χ4n) is 3.09. The summed E-state index contributed by atoms with van der Waals surface area (Å²) in [6.45, 7) is 1.71. The highest BCUT2D eigenvalue weighted by molar-refractivity contribution is 9.10. The molecule has 0 bridgehead atoms. The van der Waals surface area contributed by atoms with Crippen LogP contribution in [-0.4, -0.2) is 10.9 Å². The minimum absolute atomic E-state index is 0.112. The summed E-state index contributed by atoms with van der Waals surface area (Å²) in [5, 5.41) is 3.05. The van der Waals surface area contributed by atoms with Gasteiger partial charge in [0.2, 0.25) is 11.5 Å². The molecule has 2 unspecified atom stereocenters. The van der Waals surface area contributed by atoms with Crippen LogP contribution in [0.25, 0.3) is 0 Å². The third-order valence-electron chi connectivity index (χ3n) is 4.55. The largest absolute Gasteiger partial charge is 0.347 e. The van der Waals surface area contributed by atoms with E-state index < -0.39 is 5.54 Å². The summed E-state index contributed by atoms with van der Waals surface area (Å²) >= 11 is 3.38. The Morgan fingerprint density at radius 1 is 1.29 bits per heavy atom. The average Bonchev–Trinajstić information content (AvgIpc) is 2.55. The number of fused-ring (bicyclic) bond motifs is 1. The van der Waals surface area contributed by atoms with Gasteiger partial charge in [-0.05, 0) is 55.5 Å². The molecule has 2 atom stereocenters. The third kappa shape index (κ3) is 3.30. The summed E-state index contributed by atoms with van der Waals surface area (Å²) < 4.78 is 0.938. The van der Waals surface area contributed by atoms with Crippen molar-refractivity contribution in [2.45, 2.75) is 37.8 Å². The number of carbonyl (C=O) groups is 1. The van der Waals surface area contributed by atoms with E-state index in [0.29, 0.717) is 0 Å². The van der Waals surface area contributed by atoms with Crippen LogP contribution >= 0.6 is 15.9 Å². The standard InChI is InChI=1S/C18H20BrN3O2/c1-18(20,11-5-7-12(19)8-6-11)17(24)22-15-4-2-3-14-13(15)9-10-16(23)21-14/h5-10,15H,2-4,20H2,1H3,(H,21,23)(H,22,24). The zero-order valence-corrected chi connectivity index (χ0v) is 15.0. The number of aryl methyl sites for hydroxylation is 1. The Bertz CT molecular complexity index is 812. The van der Waals surface area contributed by atoms with Crippen molar-refractivity contribution in [1.82, 2.24) is 10.3 Å². The van der Waals surface area contributed by atoms with Gasteiger partial charge in [-0.3, -0.25) is 9.59 Å². The molecular formula is C18H20BrN3O2. The van der Waals surface area contributed by atoms with Gasteiger partial charge in [-0.25, -0.2) is 0 Å². The Hall–Kier alpha value is -1.92. The fraction of sp³-hybridized carbons (Fsp3) is 0.333. The number of hydrogen-bond donors (Lipinski definition) is 3. The lowest BCUT2D eigenvalue weighted by molar-refractivity contribution is -0.127. The topological polar surface area (TPSA) is 88.0 Å². The van der Waals surface area contributed by atoms with Gasteiger partial charge in [0.15, 0.2) is 0 Å². The number of aromatic amines is 1. The molecule has 6 heteroatoms. The highest BCUT2D eigenvalue weighted by Crippen LogP contribution is 2.29. The van der Waals surface area contributed by atoms with Gasteiger partial charge in [-0.2, -0.15) is 0 Å². The van der Waals surface area contributed by atoms with E-state index in [9.17, 15) is 9.59 Å². The van der Waals surface area contributed by atoms with E-state index in [1.165, 1.54) is 6.07 Å². The quantitative estimate of drug-likeness (QED) is 0.753. The van der Waals surface area contributed by atoms with Crippen LogP contribution in [0.3, 0.4) is 0 Å². The van der Waals surface area contributed by atoms with Crippen LogP contribution < -0.4 is 16.6 Å². The molecular weight excluding hydrogens is 370 g/mol. The Morgan fingerprint density at radius 2 is 2.00 bits per heavy atom. The second-order valence-electron chi connectivity index (χ2n) is 6.38. The van der Waals surface area contributed by atoms with Gasteiger partial charge in [0.1, 0.15) is 5.54 Å². The minimum atomic E-state index is -1.12. The third-order valence-corrected chi connectivity index (χ3v) is 5.08. The molecule has 0 saturated heterocycles. The summed E-state index contributed by atoms with van der Waals surface area (Å²) in [6.07, 6.45) is 2.57. The molecule has 126 valence electrons. The van der Waals surface area contributed by atoms with Crippen LogP contribution in [0.15, 0.2) is 45.7 Å². The van der Waals surface area contributed by atoms with E-state index in [2.05, 4.69) is 26.2 Å². The zero-order chi connectivity index (χ0) is 17.3. The monoisotopic (exact) mass is 389 g/mol. The summed E-state index contributed by atoms with van der Waals surface area (Å²) in [4.78, 5) is 27.1. The fourth-order valence-corrected chi connectivity index (χ4v) is 3.35. The van der Waals surface area contributed by atoms with Gasteiger partial charge >= 0.3 is 0 Å². The van der Waals surface area contributed by atoms with Gasteiger partial charge in [-0.1, -0.05) is 28.1 Å². The van der Waals surface area contributed by atoms with Gasteiger partial charge in [0.05, 0.1) is 6.04 Å². The Balaban J connectivity index is 1.82. The first-order valence-corrected chi connectivity index (χ1v) is 8.75. The maximum atomic E-state index is 12.8. The van der Waals surface area contributed by atoms with Crippen molar-refractivity contribution in [2.75, 3.05) is 0 Å². The van der Waals surface area contributed by atoms with E-state index in [1.54, 1.807) is 13.0 Å². The Labute approximate surface area is 148 Å². The van der Waals surface area contributed by atoms with E-state index in [1.807, 2.05) is 24.3 Å². The first kappa shape index (κ1) is 16.9. The van der Waals surface area contributed by atoms with Crippen LogP contribution in [0.2, 0.25) is 0 Å². The molecule has 5 nitrogen and oxygen atoms in total. The predicted molar refractivity (Wildman–Crippen MR) is 96.6 cm³/mol. The van der Waals surface area contributed by atoms with Gasteiger partial charge < -0.3 is 16.0 Å². The number of pyridine rings is 1. The molecule has 4 N–H and O–H groups in total. The van der Waals surface area contributed by atoms with Crippen molar-refractivity contribution >= 4 is 21.8 Å². The number of amides is 1. The molecule has 1 aliphatic rings. The summed E-state index contributed by atoms with van der Waals surface area (Å²) in [7, 11) is 0. The molecule has 0 radical (unpaired) electrons. The maximum absolute atomic E-state index is 12.8. The van der Waals surface area contributed by atoms with Crippen molar-refractivity contribution in [3.63, 3.8) is 0 Å². The molecule has 1 amide bonds. The molecule has 0 aliphatic heterocycles. The molecule has 24 heavy (non-hydrogen) atoms. The first-order valence-electron chi connectivity index (χ1n) is 7.96. The molecule has 0 fully saturated rings. The lowest BCUT2D eigenvalue weighted by Gasteiger charge is -2.30. The summed E-state index contributed by atoms with van der Waals surface area (Å²) in [5.41, 5.74) is 7.70. The van der Waals surface area contributed by atoms with Crippen molar-refractivity contribution in [2.24, 2.45) is 5.73 Å². The first-order chi connectivity index (χ1) is 11.4. The van der Waals surface area contributed by atoms with Gasteiger partial charge in [-0.15, -0.1) is 0 Å². The van der Waals surface area contributed by atoms with Crippen molar-refractivity contribution in [3.8, 4) is 0 Å². The van der Waals surface area contributed by atoms with Gasteiger partial charge in [0.25, 0.3) is 0 Å². The lowest BCUT2D eigenvalue weighted by atomic mass is 9.88. The number of rotatable bonds is 3. The normalized spacial score (nSPS) is 19.2. The SMILES string of the molecule is CC(N)(C(=O)NC1CCCc2[nH]c(=O)ccc21)c1ccc(Br)cc1. The number of benzene rings is 1. The summed E-state index contributed by atoms with van der Waals surface area (Å²) in [6, 6.07) is 10.6. The lowest BCUT2D eigenvalue weighted by Crippen LogP contribution is -2.50. The van der Waals surface area contributed by atoms with E-state index in [0.717, 1.165) is 40.6 Å². The molecule has 1 aliphatic carbocycles. The van der Waals surface area contributed by atoms with Gasteiger partial charge in [0, 0.05) is 16.2 Å². The molecule has 1 aromatic heterocycles. The molecule has 0 spiro atoms. The predicted octanol–water partition coefficient (Wildman–Crippen LogP) is 2.51. The second-order valence-corrected chi connectivity index (χ2v) is 7.30. The zero-order valence-electron chi connectivity index (χ0n) is 13.4. The Kier molecular flexibility index (Phi) is 4.60. The van der Waals surface area contributed by atoms with E-state index in [-0.39, 0.29) is 17.5 Å². The molecule has 1 heterocycles. The highest BCUT2D eigenvalue weighted by Gasteiger charge is 2.33. The molecule has 0 saturated carbocycles. The van der Waals surface area contributed by atoms with Crippen molar-refractivity contribution < 1.29 is 4.79 Å². The van der Waals surface area contributed by atoms with Crippen LogP contribution in [0.1, 0.15) is 42.6 Å². The van der Waals surface area contributed by atoms with Crippen LogP contribution in [0, 0.1) is 0 Å². The number of halogens is 1.